The highest BCUT2D eigenvalue weighted by atomic mass is 19.4. The monoisotopic (exact) mass is 423 g/mol. The van der Waals surface area contributed by atoms with Gasteiger partial charge >= 0.3 is 6.18 Å². The molecular weight excluding hydrogens is 404 g/mol. The Morgan fingerprint density at radius 3 is 2.45 bits per heavy atom. The highest BCUT2D eigenvalue weighted by Gasteiger charge is 2.35. The molecule has 1 heterocycles. The van der Waals surface area contributed by atoms with Crippen molar-refractivity contribution in [1.29, 1.82) is 0 Å². The van der Waals surface area contributed by atoms with E-state index in [0.29, 0.717) is 12.1 Å². The molecule has 0 aliphatic carbocycles. The van der Waals surface area contributed by atoms with E-state index in [2.05, 4.69) is 10.4 Å². The molecule has 2 rings (SSSR count). The number of rotatable bonds is 5. The third-order valence-electron chi connectivity index (χ3n) is 4.26. The van der Waals surface area contributed by atoms with Crippen molar-refractivity contribution >= 4 is 11.7 Å². The number of halogens is 6. The second-order valence-corrected chi connectivity index (χ2v) is 6.30. The van der Waals surface area contributed by atoms with Crippen LogP contribution in [0.15, 0.2) is 29.0 Å². The van der Waals surface area contributed by atoms with Crippen molar-refractivity contribution in [2.75, 3.05) is 33.2 Å². The molecule has 1 aliphatic rings. The molecule has 0 bridgehead atoms. The van der Waals surface area contributed by atoms with Gasteiger partial charge < -0.3 is 21.0 Å². The maximum atomic E-state index is 13.8. The standard InChI is InChI=1S/C17H19F6N5O/c1-25-11(4-10-5-13(19)14(20)7-12(10)18)6-16(29)27-2-3-28(9-17(21,22)23)15(8-27)26-24/h5-7,25H,2-4,8-9,24H2,1H3/b11-6-,26-15-. The van der Waals surface area contributed by atoms with E-state index in [9.17, 15) is 31.1 Å². The number of amides is 1. The molecule has 1 aromatic rings. The Balaban J connectivity index is 2.11. The molecule has 1 aromatic carbocycles. The van der Waals surface area contributed by atoms with Gasteiger partial charge in [0.2, 0.25) is 5.91 Å². The van der Waals surface area contributed by atoms with E-state index in [4.69, 9.17) is 5.84 Å². The number of piperazine rings is 1. The number of alkyl halides is 3. The number of amidine groups is 1. The van der Waals surface area contributed by atoms with Crippen molar-refractivity contribution in [3.05, 3.63) is 46.9 Å². The molecule has 1 saturated heterocycles. The molecule has 12 heteroatoms. The molecule has 0 unspecified atom stereocenters. The molecule has 1 aliphatic heterocycles. The number of carbonyl (C=O) groups excluding carboxylic acids is 1. The largest absolute Gasteiger partial charge is 0.405 e. The number of nitrogens with zero attached hydrogens (tertiary/aromatic N) is 3. The Morgan fingerprint density at radius 2 is 1.86 bits per heavy atom. The number of hydrazone groups is 1. The quantitative estimate of drug-likeness (QED) is 0.249. The zero-order chi connectivity index (χ0) is 21.8. The van der Waals surface area contributed by atoms with Crippen molar-refractivity contribution in [3.63, 3.8) is 0 Å². The molecule has 6 nitrogen and oxygen atoms in total. The summed E-state index contributed by atoms with van der Waals surface area (Å²) >= 11 is 0. The van der Waals surface area contributed by atoms with Crippen LogP contribution in [0.2, 0.25) is 0 Å². The van der Waals surface area contributed by atoms with Gasteiger partial charge in [-0.3, -0.25) is 4.79 Å². The highest BCUT2D eigenvalue weighted by Crippen LogP contribution is 2.19. The maximum absolute atomic E-state index is 13.8. The Bertz CT molecular complexity index is 823. The first kappa shape index (κ1) is 22.4. The average Bonchev–Trinajstić information content (AvgIpc) is 2.64. The van der Waals surface area contributed by atoms with Crippen LogP contribution in [0.4, 0.5) is 26.3 Å². The molecule has 0 aromatic heterocycles. The van der Waals surface area contributed by atoms with E-state index in [1.54, 1.807) is 0 Å². The van der Waals surface area contributed by atoms with Crippen LogP contribution < -0.4 is 11.2 Å². The van der Waals surface area contributed by atoms with Crippen LogP contribution in [0, 0.1) is 17.5 Å². The fraction of sp³-hybridized carbons (Fsp3) is 0.412. The summed E-state index contributed by atoms with van der Waals surface area (Å²) in [6.45, 7) is -1.61. The van der Waals surface area contributed by atoms with Crippen LogP contribution in [0.25, 0.3) is 0 Å². The second kappa shape index (κ2) is 9.05. The molecular formula is C17H19F6N5O. The summed E-state index contributed by atoms with van der Waals surface area (Å²) < 4.78 is 78.0. The van der Waals surface area contributed by atoms with Crippen LogP contribution in [0.5, 0.6) is 0 Å². The molecule has 0 saturated carbocycles. The molecule has 29 heavy (non-hydrogen) atoms. The maximum Gasteiger partial charge on any atom is 0.405 e. The minimum absolute atomic E-state index is 0.0129. The number of likely N-dealkylation sites (N-methyl/N-ethyl adjacent to an activating group) is 1. The number of benzene rings is 1. The van der Waals surface area contributed by atoms with Crippen molar-refractivity contribution in [2.45, 2.75) is 12.6 Å². The van der Waals surface area contributed by atoms with E-state index >= 15 is 0 Å². The average molecular weight is 423 g/mol. The fourth-order valence-corrected chi connectivity index (χ4v) is 2.77. The predicted octanol–water partition coefficient (Wildman–Crippen LogP) is 1.73. The van der Waals surface area contributed by atoms with Gasteiger partial charge in [0, 0.05) is 44.4 Å². The number of nitrogens with one attached hydrogen (secondary N) is 1. The number of hydrogen-bond donors (Lipinski definition) is 2. The molecule has 3 N–H and O–H groups in total. The fourth-order valence-electron chi connectivity index (χ4n) is 2.77. The lowest BCUT2D eigenvalue weighted by Gasteiger charge is -2.36. The minimum atomic E-state index is -4.45. The van der Waals surface area contributed by atoms with Crippen LogP contribution in [-0.2, 0) is 11.2 Å². The lowest BCUT2D eigenvalue weighted by atomic mass is 10.1. The third-order valence-corrected chi connectivity index (χ3v) is 4.26. The zero-order valence-electron chi connectivity index (χ0n) is 15.4. The van der Waals surface area contributed by atoms with Gasteiger partial charge in [-0.15, -0.1) is 0 Å². The van der Waals surface area contributed by atoms with Gasteiger partial charge in [-0.1, -0.05) is 0 Å². The van der Waals surface area contributed by atoms with Crippen LogP contribution in [-0.4, -0.2) is 60.9 Å². The molecule has 1 amide bonds. The summed E-state index contributed by atoms with van der Waals surface area (Å²) in [5.74, 6) is 0.935. The van der Waals surface area contributed by atoms with Gasteiger partial charge in [-0.25, -0.2) is 13.2 Å². The second-order valence-electron chi connectivity index (χ2n) is 6.30. The Hall–Kier alpha value is -2.92. The van der Waals surface area contributed by atoms with E-state index in [-0.39, 0.29) is 43.2 Å². The number of nitrogens with two attached hydrogens (primary N) is 1. The van der Waals surface area contributed by atoms with Gasteiger partial charge in [0.1, 0.15) is 18.2 Å². The van der Waals surface area contributed by atoms with Gasteiger partial charge in [0.25, 0.3) is 0 Å². The first-order valence-corrected chi connectivity index (χ1v) is 8.43. The predicted molar refractivity (Wildman–Crippen MR) is 93.0 cm³/mol. The zero-order valence-corrected chi connectivity index (χ0v) is 15.4. The molecule has 0 spiro atoms. The lowest BCUT2D eigenvalue weighted by molar-refractivity contribution is -0.140. The van der Waals surface area contributed by atoms with E-state index in [1.165, 1.54) is 11.9 Å². The Morgan fingerprint density at radius 1 is 1.21 bits per heavy atom. The summed E-state index contributed by atoms with van der Waals surface area (Å²) in [6, 6.07) is 1.10. The van der Waals surface area contributed by atoms with Crippen molar-refractivity contribution in [3.8, 4) is 0 Å². The summed E-state index contributed by atoms with van der Waals surface area (Å²) in [5.41, 5.74) is 0.0281. The van der Waals surface area contributed by atoms with Crippen LogP contribution >= 0.6 is 0 Å². The van der Waals surface area contributed by atoms with Crippen molar-refractivity contribution in [2.24, 2.45) is 10.9 Å². The first-order chi connectivity index (χ1) is 13.5. The summed E-state index contributed by atoms with van der Waals surface area (Å²) in [4.78, 5) is 14.6. The smallest absolute Gasteiger partial charge is 0.391 e. The van der Waals surface area contributed by atoms with Gasteiger partial charge in [0.05, 0.1) is 6.54 Å². The number of hydrogen-bond acceptors (Lipinski definition) is 4. The molecule has 1 fully saturated rings. The first-order valence-electron chi connectivity index (χ1n) is 8.43. The van der Waals surface area contributed by atoms with E-state index in [0.717, 1.165) is 11.0 Å². The summed E-state index contributed by atoms with van der Waals surface area (Å²) in [7, 11) is 1.45. The highest BCUT2D eigenvalue weighted by molar-refractivity contribution is 5.94. The minimum Gasteiger partial charge on any atom is -0.391 e. The van der Waals surface area contributed by atoms with E-state index in [1.807, 2.05) is 0 Å². The van der Waals surface area contributed by atoms with Crippen molar-refractivity contribution < 1.29 is 31.1 Å². The SMILES string of the molecule is CN/C(=C\C(=O)N1CCN(CC(F)(F)F)/C(=N\N)C1)Cc1cc(F)c(F)cc1F. The lowest BCUT2D eigenvalue weighted by Crippen LogP contribution is -2.54. The summed E-state index contributed by atoms with van der Waals surface area (Å²) in [5, 5.41) is 5.99. The van der Waals surface area contributed by atoms with Crippen LogP contribution in [0.3, 0.4) is 0 Å². The van der Waals surface area contributed by atoms with Gasteiger partial charge in [-0.05, 0) is 11.6 Å². The van der Waals surface area contributed by atoms with Crippen LogP contribution in [0.1, 0.15) is 5.56 Å². The van der Waals surface area contributed by atoms with E-state index < -0.39 is 36.1 Å². The third kappa shape index (κ3) is 6.03. The molecule has 0 atom stereocenters. The topological polar surface area (TPSA) is 74.0 Å². The number of carbonyl (C=O) groups is 1. The normalized spacial score (nSPS) is 17.1. The van der Waals surface area contributed by atoms with Crippen molar-refractivity contribution in [1.82, 2.24) is 15.1 Å². The molecule has 160 valence electrons. The van der Waals surface area contributed by atoms with Gasteiger partial charge in [0.15, 0.2) is 11.6 Å². The Kier molecular flexibility index (Phi) is 6.98. The Labute approximate surface area is 162 Å². The summed E-state index contributed by atoms with van der Waals surface area (Å²) in [6.07, 6.45) is -3.57. The number of allylic oxidation sites excluding steroid dienone is 1. The van der Waals surface area contributed by atoms with Gasteiger partial charge in [-0.2, -0.15) is 18.3 Å². The molecule has 0 radical (unpaired) electrons.